The van der Waals surface area contributed by atoms with Crippen molar-refractivity contribution in [2.45, 2.75) is 6.92 Å². The lowest BCUT2D eigenvalue weighted by Gasteiger charge is -1.88. The fourth-order valence-corrected chi connectivity index (χ4v) is 2.33. The summed E-state index contributed by atoms with van der Waals surface area (Å²) in [5.74, 6) is 0. The Morgan fingerprint density at radius 2 is 2.08 bits per heavy atom. The molecule has 2 heteroatoms. The Morgan fingerprint density at radius 1 is 1.33 bits per heavy atom. The molecule has 0 spiro atoms. The highest BCUT2D eigenvalue weighted by Crippen LogP contribution is 2.28. The zero-order chi connectivity index (χ0) is 8.55. The number of hydrogen-bond donors (Lipinski definition) is 0. The molecule has 1 aromatic heterocycles. The first-order valence-electron chi connectivity index (χ1n) is 3.76. The molecule has 0 radical (unpaired) electrons. The number of rotatable bonds is 1. The average molecular weight is 176 g/mol. The van der Waals surface area contributed by atoms with Gasteiger partial charge in [-0.1, -0.05) is 18.2 Å². The summed E-state index contributed by atoms with van der Waals surface area (Å²) in [6.07, 6.45) is 0.931. The Hall–Kier alpha value is -1.15. The molecular formula is C10H8OS. The molecule has 60 valence electrons. The lowest BCUT2D eigenvalue weighted by Crippen LogP contribution is -1.74. The predicted molar refractivity (Wildman–Crippen MR) is 51.9 cm³/mol. The maximum atomic E-state index is 10.6. The van der Waals surface area contributed by atoms with Crippen molar-refractivity contribution in [2.24, 2.45) is 0 Å². The van der Waals surface area contributed by atoms with Gasteiger partial charge in [0, 0.05) is 4.70 Å². The van der Waals surface area contributed by atoms with Gasteiger partial charge in [0.05, 0.1) is 4.88 Å². The Kier molecular flexibility index (Phi) is 1.70. The molecule has 2 rings (SSSR count). The van der Waals surface area contributed by atoms with E-state index in [0.29, 0.717) is 0 Å². The normalized spacial score (nSPS) is 10.4. The first kappa shape index (κ1) is 7.50. The van der Waals surface area contributed by atoms with E-state index in [0.717, 1.165) is 16.7 Å². The number of carbonyl (C=O) groups is 1. The second-order valence-corrected chi connectivity index (χ2v) is 3.79. The number of thiophene rings is 1. The van der Waals surface area contributed by atoms with Crippen LogP contribution in [0.4, 0.5) is 0 Å². The Bertz CT molecular complexity index is 428. The number of fused-ring (bicyclic) bond motifs is 1. The maximum Gasteiger partial charge on any atom is 0.160 e. The van der Waals surface area contributed by atoms with Crippen LogP contribution in [-0.4, -0.2) is 6.29 Å². The summed E-state index contributed by atoms with van der Waals surface area (Å²) in [5, 5.41) is 1.20. The lowest BCUT2D eigenvalue weighted by atomic mass is 10.2. The maximum absolute atomic E-state index is 10.6. The summed E-state index contributed by atoms with van der Waals surface area (Å²) in [7, 11) is 0. The van der Waals surface area contributed by atoms with E-state index in [1.807, 2.05) is 31.2 Å². The Labute approximate surface area is 74.6 Å². The summed E-state index contributed by atoms with van der Waals surface area (Å²) in [4.78, 5) is 11.5. The van der Waals surface area contributed by atoms with Gasteiger partial charge in [-0.2, -0.15) is 0 Å². The van der Waals surface area contributed by atoms with Gasteiger partial charge in [0.25, 0.3) is 0 Å². The van der Waals surface area contributed by atoms with Crippen molar-refractivity contribution in [1.29, 1.82) is 0 Å². The van der Waals surface area contributed by atoms with Crippen molar-refractivity contribution >= 4 is 27.7 Å². The number of aryl methyl sites for hydroxylation is 1. The largest absolute Gasteiger partial charge is 0.297 e. The summed E-state index contributed by atoms with van der Waals surface area (Å²) < 4.78 is 1.19. The van der Waals surface area contributed by atoms with E-state index in [9.17, 15) is 4.79 Å². The van der Waals surface area contributed by atoms with E-state index in [1.165, 1.54) is 10.1 Å². The van der Waals surface area contributed by atoms with E-state index in [2.05, 4.69) is 0 Å². The zero-order valence-electron chi connectivity index (χ0n) is 6.70. The summed E-state index contributed by atoms with van der Waals surface area (Å²) in [6, 6.07) is 8.08. The molecule has 0 saturated heterocycles. The molecule has 0 bridgehead atoms. The highest BCUT2D eigenvalue weighted by atomic mass is 32.1. The van der Waals surface area contributed by atoms with Gasteiger partial charge in [-0.05, 0) is 23.9 Å². The SMILES string of the molecule is Cc1c(C=O)sc2ccccc12. The van der Waals surface area contributed by atoms with Gasteiger partial charge in [-0.15, -0.1) is 11.3 Å². The van der Waals surface area contributed by atoms with Crippen LogP contribution >= 0.6 is 11.3 Å². The van der Waals surface area contributed by atoms with Crippen LogP contribution < -0.4 is 0 Å². The van der Waals surface area contributed by atoms with Crippen molar-refractivity contribution in [1.82, 2.24) is 0 Å². The summed E-state index contributed by atoms with van der Waals surface area (Å²) in [5.41, 5.74) is 1.10. The standard InChI is InChI=1S/C10H8OS/c1-7-8-4-2-3-5-9(8)12-10(7)6-11/h2-6H,1H3. The average Bonchev–Trinajstić information content (AvgIpc) is 2.44. The van der Waals surface area contributed by atoms with Crippen LogP contribution in [0.25, 0.3) is 10.1 Å². The van der Waals surface area contributed by atoms with Crippen LogP contribution in [0.15, 0.2) is 24.3 Å². The minimum absolute atomic E-state index is 0.844. The van der Waals surface area contributed by atoms with Crippen molar-refractivity contribution in [2.75, 3.05) is 0 Å². The van der Waals surface area contributed by atoms with Gasteiger partial charge >= 0.3 is 0 Å². The molecule has 1 heterocycles. The molecule has 0 amide bonds. The highest BCUT2D eigenvalue weighted by Gasteiger charge is 2.05. The molecule has 12 heavy (non-hydrogen) atoms. The molecule has 1 nitrogen and oxygen atoms in total. The molecule has 0 fully saturated rings. The van der Waals surface area contributed by atoms with Gasteiger partial charge in [0.2, 0.25) is 0 Å². The first-order chi connectivity index (χ1) is 5.83. The van der Waals surface area contributed by atoms with Gasteiger partial charge in [0.15, 0.2) is 6.29 Å². The topological polar surface area (TPSA) is 17.1 Å². The summed E-state index contributed by atoms with van der Waals surface area (Å²) in [6.45, 7) is 1.99. The molecule has 1 aromatic carbocycles. The zero-order valence-corrected chi connectivity index (χ0v) is 7.52. The fourth-order valence-electron chi connectivity index (χ4n) is 1.31. The number of benzene rings is 1. The van der Waals surface area contributed by atoms with Crippen LogP contribution in [0, 0.1) is 6.92 Å². The van der Waals surface area contributed by atoms with E-state index >= 15 is 0 Å². The molecule has 0 unspecified atom stereocenters. The van der Waals surface area contributed by atoms with Crippen LogP contribution in [0.3, 0.4) is 0 Å². The van der Waals surface area contributed by atoms with Gasteiger partial charge in [-0.3, -0.25) is 4.79 Å². The molecule has 0 aliphatic heterocycles. The monoisotopic (exact) mass is 176 g/mol. The molecule has 0 N–H and O–H groups in total. The third kappa shape index (κ3) is 0.959. The molecular weight excluding hydrogens is 168 g/mol. The third-order valence-corrected chi connectivity index (χ3v) is 3.19. The molecule has 0 saturated carbocycles. The predicted octanol–water partition coefficient (Wildman–Crippen LogP) is 3.02. The molecule has 0 aliphatic carbocycles. The number of hydrogen-bond acceptors (Lipinski definition) is 2. The minimum Gasteiger partial charge on any atom is -0.297 e. The second kappa shape index (κ2) is 2.72. The third-order valence-electron chi connectivity index (χ3n) is 1.99. The Morgan fingerprint density at radius 3 is 2.75 bits per heavy atom. The molecule has 0 atom stereocenters. The van der Waals surface area contributed by atoms with Crippen molar-refractivity contribution in [3.05, 3.63) is 34.7 Å². The van der Waals surface area contributed by atoms with Crippen LogP contribution in [0.5, 0.6) is 0 Å². The van der Waals surface area contributed by atoms with Crippen LogP contribution in [-0.2, 0) is 0 Å². The quantitative estimate of drug-likeness (QED) is 0.610. The van der Waals surface area contributed by atoms with Crippen molar-refractivity contribution in [3.8, 4) is 0 Å². The van der Waals surface area contributed by atoms with E-state index < -0.39 is 0 Å². The molecule has 2 aromatic rings. The number of carbonyl (C=O) groups excluding carboxylic acids is 1. The lowest BCUT2D eigenvalue weighted by molar-refractivity contribution is 0.112. The van der Waals surface area contributed by atoms with E-state index in [-0.39, 0.29) is 0 Å². The van der Waals surface area contributed by atoms with Crippen molar-refractivity contribution < 1.29 is 4.79 Å². The number of aldehydes is 1. The molecule has 0 aliphatic rings. The van der Waals surface area contributed by atoms with Crippen molar-refractivity contribution in [3.63, 3.8) is 0 Å². The van der Waals surface area contributed by atoms with Gasteiger partial charge in [0.1, 0.15) is 0 Å². The van der Waals surface area contributed by atoms with Crippen LogP contribution in [0.2, 0.25) is 0 Å². The van der Waals surface area contributed by atoms with Gasteiger partial charge < -0.3 is 0 Å². The minimum atomic E-state index is 0.844. The van der Waals surface area contributed by atoms with Gasteiger partial charge in [-0.25, -0.2) is 0 Å². The Balaban J connectivity index is 2.87. The fraction of sp³-hybridized carbons (Fsp3) is 0.100. The van der Waals surface area contributed by atoms with Crippen LogP contribution in [0.1, 0.15) is 15.2 Å². The highest BCUT2D eigenvalue weighted by molar-refractivity contribution is 7.20. The van der Waals surface area contributed by atoms with E-state index in [1.54, 1.807) is 11.3 Å². The second-order valence-electron chi connectivity index (χ2n) is 2.71. The van der Waals surface area contributed by atoms with E-state index in [4.69, 9.17) is 0 Å². The summed E-state index contributed by atoms with van der Waals surface area (Å²) >= 11 is 1.56. The smallest absolute Gasteiger partial charge is 0.160 e. The first-order valence-corrected chi connectivity index (χ1v) is 4.58.